The number of aromatic nitrogens is 4. The van der Waals surface area contributed by atoms with E-state index in [1.807, 2.05) is 60.0 Å². The van der Waals surface area contributed by atoms with Crippen molar-refractivity contribution in [2.45, 2.75) is 13.5 Å². The molecule has 0 bridgehead atoms. The van der Waals surface area contributed by atoms with Crippen molar-refractivity contribution < 1.29 is 13.7 Å². The molecular formula is C26H21FN6O2. The molecule has 5 aromatic rings. The number of benzene rings is 3. The Morgan fingerprint density at radius 1 is 1.00 bits per heavy atom. The third kappa shape index (κ3) is 5.41. The third-order valence-corrected chi connectivity index (χ3v) is 5.25. The van der Waals surface area contributed by atoms with Crippen molar-refractivity contribution in [3.05, 3.63) is 102 Å². The zero-order valence-corrected chi connectivity index (χ0v) is 18.8. The predicted octanol–water partition coefficient (Wildman–Crippen LogP) is 5.74. The molecule has 0 aliphatic carbocycles. The summed E-state index contributed by atoms with van der Waals surface area (Å²) in [7, 11) is 0. The Bertz CT molecular complexity index is 1460. The summed E-state index contributed by atoms with van der Waals surface area (Å²) in [6.07, 6.45) is 3.46. The summed E-state index contributed by atoms with van der Waals surface area (Å²) in [6.45, 7) is 2.56. The molecule has 2 N–H and O–H groups in total. The minimum atomic E-state index is -0.369. The minimum absolute atomic E-state index is 0.252. The lowest BCUT2D eigenvalue weighted by molar-refractivity contribution is 0.262. The molecule has 0 aliphatic rings. The van der Waals surface area contributed by atoms with Crippen LogP contribution in [0.3, 0.4) is 0 Å². The molecule has 0 spiro atoms. The van der Waals surface area contributed by atoms with Crippen molar-refractivity contribution in [2.75, 3.05) is 10.6 Å². The highest BCUT2D eigenvalue weighted by Crippen LogP contribution is 2.22. The van der Waals surface area contributed by atoms with Gasteiger partial charge in [0.1, 0.15) is 11.5 Å². The fraction of sp³-hybridized carbons (Fsp3) is 0.0769. The number of imidazole rings is 1. The lowest BCUT2D eigenvalue weighted by Gasteiger charge is -2.09. The quantitative estimate of drug-likeness (QED) is 0.331. The van der Waals surface area contributed by atoms with Gasteiger partial charge in [-0.25, -0.2) is 14.2 Å². The topological polar surface area (TPSA) is 97.9 Å². The molecule has 35 heavy (non-hydrogen) atoms. The van der Waals surface area contributed by atoms with Crippen LogP contribution in [-0.2, 0) is 6.54 Å². The van der Waals surface area contributed by atoms with Gasteiger partial charge in [0.25, 0.3) is 5.89 Å². The van der Waals surface area contributed by atoms with Gasteiger partial charge in [0, 0.05) is 29.7 Å². The molecule has 8 nitrogen and oxygen atoms in total. The van der Waals surface area contributed by atoms with E-state index in [9.17, 15) is 9.18 Å². The fourth-order valence-corrected chi connectivity index (χ4v) is 3.46. The second kappa shape index (κ2) is 9.60. The highest BCUT2D eigenvalue weighted by Gasteiger charge is 2.13. The number of carbonyl (C=O) groups is 1. The zero-order chi connectivity index (χ0) is 24.2. The van der Waals surface area contributed by atoms with E-state index in [0.717, 1.165) is 16.8 Å². The number of anilines is 2. The molecule has 0 aliphatic heterocycles. The van der Waals surface area contributed by atoms with Gasteiger partial charge >= 0.3 is 6.03 Å². The maximum Gasteiger partial charge on any atom is 0.323 e. The molecular weight excluding hydrogens is 447 g/mol. The molecule has 0 saturated heterocycles. The Kier molecular flexibility index (Phi) is 6.04. The smallest absolute Gasteiger partial charge is 0.323 e. The SMILES string of the molecule is Cc1ccc(NC(=O)Nc2ccc(Cn3cnc(-c4nc(-c5cccc(F)c5)no4)c3)cc2)cc1. The first-order chi connectivity index (χ1) is 17.0. The molecule has 0 atom stereocenters. The van der Waals surface area contributed by atoms with Crippen LogP contribution in [0.5, 0.6) is 0 Å². The van der Waals surface area contributed by atoms with Crippen molar-refractivity contribution in [2.24, 2.45) is 0 Å². The molecule has 0 radical (unpaired) electrons. The maximum atomic E-state index is 13.5. The minimum Gasteiger partial charge on any atom is -0.332 e. The van der Waals surface area contributed by atoms with E-state index in [-0.39, 0.29) is 17.7 Å². The second-order valence-corrected chi connectivity index (χ2v) is 8.01. The van der Waals surface area contributed by atoms with Crippen LogP contribution >= 0.6 is 0 Å². The highest BCUT2D eigenvalue weighted by molar-refractivity contribution is 5.99. The average molecular weight is 468 g/mol. The van der Waals surface area contributed by atoms with Gasteiger partial charge in [0.2, 0.25) is 5.82 Å². The van der Waals surface area contributed by atoms with E-state index in [0.29, 0.717) is 29.3 Å². The summed E-state index contributed by atoms with van der Waals surface area (Å²) in [5.41, 5.74) is 4.60. The number of nitrogens with zero attached hydrogens (tertiary/aromatic N) is 4. The Morgan fingerprint density at radius 3 is 2.43 bits per heavy atom. The Balaban J connectivity index is 1.20. The first-order valence-corrected chi connectivity index (χ1v) is 10.9. The van der Waals surface area contributed by atoms with E-state index < -0.39 is 0 Å². The van der Waals surface area contributed by atoms with Gasteiger partial charge in [0.05, 0.1) is 6.33 Å². The number of halogens is 1. The van der Waals surface area contributed by atoms with Crippen LogP contribution in [0, 0.1) is 12.7 Å². The maximum absolute atomic E-state index is 13.5. The van der Waals surface area contributed by atoms with Crippen LogP contribution in [0.15, 0.2) is 89.8 Å². The molecule has 0 saturated carbocycles. The first-order valence-electron chi connectivity index (χ1n) is 10.9. The largest absolute Gasteiger partial charge is 0.332 e. The zero-order valence-electron chi connectivity index (χ0n) is 18.8. The molecule has 3 aromatic carbocycles. The van der Waals surface area contributed by atoms with Crippen molar-refractivity contribution in [1.82, 2.24) is 19.7 Å². The molecule has 0 fully saturated rings. The number of nitrogens with one attached hydrogen (secondary N) is 2. The van der Waals surface area contributed by atoms with Gasteiger partial charge in [-0.2, -0.15) is 4.98 Å². The number of amides is 2. The standard InChI is InChI=1S/C26H21FN6O2/c1-17-5-9-21(10-6-17)29-26(34)30-22-11-7-18(8-12-22)14-33-15-23(28-16-33)25-31-24(32-35-25)19-3-2-4-20(27)13-19/h2-13,15-16H,14H2,1H3,(H2,29,30,34). The molecule has 2 aromatic heterocycles. The molecule has 2 amide bonds. The van der Waals surface area contributed by atoms with Gasteiger partial charge in [-0.3, -0.25) is 0 Å². The number of hydrogen-bond acceptors (Lipinski definition) is 5. The number of hydrogen-bond donors (Lipinski definition) is 2. The van der Waals surface area contributed by atoms with E-state index >= 15 is 0 Å². The Hall–Kier alpha value is -4.79. The third-order valence-electron chi connectivity index (χ3n) is 5.25. The van der Waals surface area contributed by atoms with Crippen LogP contribution in [0.1, 0.15) is 11.1 Å². The predicted molar refractivity (Wildman–Crippen MR) is 130 cm³/mol. The summed E-state index contributed by atoms with van der Waals surface area (Å²) in [5, 5.41) is 9.54. The summed E-state index contributed by atoms with van der Waals surface area (Å²) in [4.78, 5) is 20.9. The second-order valence-electron chi connectivity index (χ2n) is 8.01. The van der Waals surface area contributed by atoms with E-state index in [1.165, 1.54) is 12.1 Å². The van der Waals surface area contributed by atoms with Crippen molar-refractivity contribution in [1.29, 1.82) is 0 Å². The highest BCUT2D eigenvalue weighted by atomic mass is 19.1. The van der Waals surface area contributed by atoms with Crippen LogP contribution in [-0.4, -0.2) is 25.7 Å². The Morgan fingerprint density at radius 2 is 1.71 bits per heavy atom. The van der Waals surface area contributed by atoms with Crippen LogP contribution in [0.4, 0.5) is 20.6 Å². The van der Waals surface area contributed by atoms with Gasteiger partial charge < -0.3 is 19.7 Å². The van der Waals surface area contributed by atoms with Crippen molar-refractivity contribution in [3.63, 3.8) is 0 Å². The molecule has 5 rings (SSSR count). The number of urea groups is 1. The fourth-order valence-electron chi connectivity index (χ4n) is 3.46. The Labute approximate surface area is 200 Å². The summed E-state index contributed by atoms with van der Waals surface area (Å²) in [6, 6.07) is 20.8. The monoisotopic (exact) mass is 468 g/mol. The average Bonchev–Trinajstić information content (AvgIpc) is 3.52. The summed E-state index contributed by atoms with van der Waals surface area (Å²) in [5.74, 6) is 0.178. The summed E-state index contributed by atoms with van der Waals surface area (Å²) < 4.78 is 20.6. The molecule has 2 heterocycles. The lowest BCUT2D eigenvalue weighted by atomic mass is 10.2. The van der Waals surface area contributed by atoms with Gasteiger partial charge in [-0.15, -0.1) is 0 Å². The molecule has 0 unspecified atom stereocenters. The van der Waals surface area contributed by atoms with Crippen molar-refractivity contribution >= 4 is 17.4 Å². The van der Waals surface area contributed by atoms with E-state index in [1.54, 1.807) is 24.7 Å². The molecule has 174 valence electrons. The van der Waals surface area contributed by atoms with Crippen LogP contribution < -0.4 is 10.6 Å². The van der Waals surface area contributed by atoms with Crippen LogP contribution in [0.2, 0.25) is 0 Å². The normalized spacial score (nSPS) is 10.8. The number of aryl methyl sites for hydroxylation is 1. The van der Waals surface area contributed by atoms with Gasteiger partial charge in [-0.05, 0) is 48.9 Å². The van der Waals surface area contributed by atoms with Crippen LogP contribution in [0.25, 0.3) is 23.0 Å². The van der Waals surface area contributed by atoms with E-state index in [2.05, 4.69) is 25.8 Å². The number of rotatable bonds is 6. The first kappa shape index (κ1) is 22.0. The van der Waals surface area contributed by atoms with E-state index in [4.69, 9.17) is 4.52 Å². The van der Waals surface area contributed by atoms with Gasteiger partial charge in [0.15, 0.2) is 0 Å². The lowest BCUT2D eigenvalue weighted by Crippen LogP contribution is -2.19. The van der Waals surface area contributed by atoms with Gasteiger partial charge in [-0.1, -0.05) is 47.1 Å². The molecule has 9 heteroatoms. The number of carbonyl (C=O) groups excluding carboxylic acids is 1. The van der Waals surface area contributed by atoms with Crippen molar-refractivity contribution in [3.8, 4) is 23.0 Å². The summed E-state index contributed by atoms with van der Waals surface area (Å²) >= 11 is 0.